The molecule has 0 amide bonds. The lowest BCUT2D eigenvalue weighted by molar-refractivity contribution is 0.183. The van der Waals surface area contributed by atoms with Gasteiger partial charge in [-0.05, 0) is 43.7 Å². The fraction of sp³-hybridized carbons (Fsp3) is 0.571. The molecule has 3 N–H and O–H groups in total. The molecule has 0 saturated carbocycles. The molecule has 0 aliphatic rings. The van der Waals surface area contributed by atoms with E-state index in [1.807, 2.05) is 24.3 Å². The summed E-state index contributed by atoms with van der Waals surface area (Å²) in [6.45, 7) is 5.80. The fourth-order valence-corrected chi connectivity index (χ4v) is 1.84. The van der Waals surface area contributed by atoms with Crippen LogP contribution in [0.1, 0.15) is 19.8 Å². The molecule has 0 fully saturated rings. The Morgan fingerprint density at radius 2 is 1.89 bits per heavy atom. The van der Waals surface area contributed by atoms with Gasteiger partial charge in [0.15, 0.2) is 0 Å². The number of anilines is 1. The van der Waals surface area contributed by atoms with E-state index in [-0.39, 0.29) is 6.61 Å². The average molecular weight is 252 g/mol. The number of ether oxygens (including phenoxy) is 1. The molecule has 102 valence electrons. The van der Waals surface area contributed by atoms with E-state index in [0.29, 0.717) is 6.61 Å². The van der Waals surface area contributed by atoms with Crippen LogP contribution in [0.3, 0.4) is 0 Å². The van der Waals surface area contributed by atoms with E-state index in [0.717, 1.165) is 43.9 Å². The van der Waals surface area contributed by atoms with Crippen molar-refractivity contribution < 1.29 is 9.84 Å². The molecule has 1 aromatic rings. The van der Waals surface area contributed by atoms with Gasteiger partial charge < -0.3 is 20.5 Å². The van der Waals surface area contributed by atoms with Gasteiger partial charge >= 0.3 is 0 Å². The van der Waals surface area contributed by atoms with Crippen LogP contribution < -0.4 is 10.5 Å². The summed E-state index contributed by atoms with van der Waals surface area (Å²) in [4.78, 5) is 2.26. The molecule has 1 aromatic carbocycles. The monoisotopic (exact) mass is 252 g/mol. The quantitative estimate of drug-likeness (QED) is 0.519. The van der Waals surface area contributed by atoms with Crippen LogP contribution in [0, 0.1) is 0 Å². The zero-order chi connectivity index (χ0) is 13.2. The Kier molecular flexibility index (Phi) is 7.22. The summed E-state index contributed by atoms with van der Waals surface area (Å²) in [7, 11) is 0. The van der Waals surface area contributed by atoms with Gasteiger partial charge in [0.1, 0.15) is 5.75 Å². The van der Waals surface area contributed by atoms with Gasteiger partial charge in [0.25, 0.3) is 0 Å². The third-order valence-corrected chi connectivity index (χ3v) is 2.72. The molecule has 0 aliphatic carbocycles. The van der Waals surface area contributed by atoms with Crippen molar-refractivity contribution in [2.45, 2.75) is 19.8 Å². The second kappa shape index (κ2) is 8.78. The maximum absolute atomic E-state index is 8.94. The summed E-state index contributed by atoms with van der Waals surface area (Å²) < 4.78 is 5.62. The highest BCUT2D eigenvalue weighted by Crippen LogP contribution is 2.13. The zero-order valence-electron chi connectivity index (χ0n) is 11.1. The second-order valence-corrected chi connectivity index (χ2v) is 4.34. The van der Waals surface area contributed by atoms with E-state index in [1.54, 1.807) is 0 Å². The van der Waals surface area contributed by atoms with Gasteiger partial charge in [0, 0.05) is 18.8 Å². The molecule has 4 nitrogen and oxygen atoms in total. The lowest BCUT2D eigenvalue weighted by Gasteiger charge is -2.20. The lowest BCUT2D eigenvalue weighted by atomic mass is 10.3. The van der Waals surface area contributed by atoms with Crippen LogP contribution >= 0.6 is 0 Å². The predicted octanol–water partition coefficient (Wildman–Crippen LogP) is 1.74. The van der Waals surface area contributed by atoms with Crippen LogP contribution in [0.4, 0.5) is 5.69 Å². The number of rotatable bonds is 9. The van der Waals surface area contributed by atoms with Gasteiger partial charge in [-0.15, -0.1) is 0 Å². The van der Waals surface area contributed by atoms with E-state index >= 15 is 0 Å². The number of hydrogen-bond acceptors (Lipinski definition) is 4. The van der Waals surface area contributed by atoms with Crippen molar-refractivity contribution in [1.82, 2.24) is 4.90 Å². The molecule has 0 radical (unpaired) electrons. The molecule has 0 saturated heterocycles. The molecule has 1 rings (SSSR count). The Morgan fingerprint density at radius 3 is 2.50 bits per heavy atom. The predicted molar refractivity (Wildman–Crippen MR) is 74.8 cm³/mol. The number of nitrogens with two attached hydrogens (primary N) is 1. The Hall–Kier alpha value is -1.26. The second-order valence-electron chi connectivity index (χ2n) is 4.34. The Labute approximate surface area is 109 Å². The number of aliphatic hydroxyl groups is 1. The molecule has 0 spiro atoms. The van der Waals surface area contributed by atoms with Crippen molar-refractivity contribution in [3.8, 4) is 5.75 Å². The summed E-state index contributed by atoms with van der Waals surface area (Å²) >= 11 is 0. The van der Waals surface area contributed by atoms with Crippen molar-refractivity contribution in [2.24, 2.45) is 0 Å². The van der Waals surface area contributed by atoms with Crippen molar-refractivity contribution in [3.63, 3.8) is 0 Å². The fourth-order valence-electron chi connectivity index (χ4n) is 1.84. The average Bonchev–Trinajstić information content (AvgIpc) is 2.37. The maximum atomic E-state index is 8.94. The van der Waals surface area contributed by atoms with Crippen molar-refractivity contribution in [2.75, 3.05) is 38.6 Å². The summed E-state index contributed by atoms with van der Waals surface area (Å²) in [5.74, 6) is 0.855. The van der Waals surface area contributed by atoms with Gasteiger partial charge in [-0.1, -0.05) is 6.92 Å². The topological polar surface area (TPSA) is 58.7 Å². The molecular formula is C14H24N2O2. The first-order valence-electron chi connectivity index (χ1n) is 6.57. The zero-order valence-corrected chi connectivity index (χ0v) is 11.1. The van der Waals surface area contributed by atoms with Crippen molar-refractivity contribution in [1.29, 1.82) is 0 Å². The van der Waals surface area contributed by atoms with Crippen LogP contribution in [-0.4, -0.2) is 42.9 Å². The minimum absolute atomic E-state index is 0.221. The van der Waals surface area contributed by atoms with Gasteiger partial charge in [-0.3, -0.25) is 0 Å². The molecular weight excluding hydrogens is 228 g/mol. The first-order chi connectivity index (χ1) is 8.76. The molecule has 0 bridgehead atoms. The summed E-state index contributed by atoms with van der Waals surface area (Å²) in [6.07, 6.45) is 2.07. The van der Waals surface area contributed by atoms with Gasteiger partial charge in [0.2, 0.25) is 0 Å². The number of aliphatic hydroxyl groups excluding tert-OH is 1. The normalized spacial score (nSPS) is 10.8. The third-order valence-electron chi connectivity index (χ3n) is 2.72. The third kappa shape index (κ3) is 5.89. The van der Waals surface area contributed by atoms with Crippen LogP contribution in [0.5, 0.6) is 5.75 Å². The molecule has 0 heterocycles. The molecule has 0 aliphatic heterocycles. The van der Waals surface area contributed by atoms with Gasteiger partial charge in [-0.2, -0.15) is 0 Å². The molecule has 0 atom stereocenters. The van der Waals surface area contributed by atoms with E-state index in [9.17, 15) is 0 Å². The number of nitrogen functional groups attached to an aromatic ring is 1. The Bertz CT molecular complexity index is 308. The summed E-state index contributed by atoms with van der Waals surface area (Å²) in [6, 6.07) is 7.44. The van der Waals surface area contributed by atoms with Gasteiger partial charge in [0.05, 0.1) is 13.2 Å². The molecule has 0 aromatic heterocycles. The molecule has 18 heavy (non-hydrogen) atoms. The summed E-state index contributed by atoms with van der Waals surface area (Å²) in [5, 5.41) is 8.94. The Balaban J connectivity index is 2.18. The van der Waals surface area contributed by atoms with Crippen LogP contribution in [-0.2, 0) is 0 Å². The van der Waals surface area contributed by atoms with Crippen molar-refractivity contribution >= 4 is 5.69 Å². The van der Waals surface area contributed by atoms with Crippen LogP contribution in [0.15, 0.2) is 24.3 Å². The maximum Gasteiger partial charge on any atom is 0.119 e. The Morgan fingerprint density at radius 1 is 1.17 bits per heavy atom. The van der Waals surface area contributed by atoms with E-state index in [4.69, 9.17) is 15.6 Å². The number of hydrogen-bond donors (Lipinski definition) is 2. The standard InChI is InChI=1S/C14H24N2O2/c1-2-8-16(10-11-17)9-3-12-18-14-6-4-13(15)5-7-14/h4-7,17H,2-3,8-12,15H2,1H3. The minimum atomic E-state index is 0.221. The number of nitrogens with zero attached hydrogens (tertiary/aromatic N) is 1. The minimum Gasteiger partial charge on any atom is -0.494 e. The molecule has 4 heteroatoms. The first kappa shape index (κ1) is 14.8. The lowest BCUT2D eigenvalue weighted by Crippen LogP contribution is -2.29. The van der Waals surface area contributed by atoms with Crippen LogP contribution in [0.2, 0.25) is 0 Å². The smallest absolute Gasteiger partial charge is 0.119 e. The van der Waals surface area contributed by atoms with Crippen molar-refractivity contribution in [3.05, 3.63) is 24.3 Å². The molecule has 0 unspecified atom stereocenters. The first-order valence-corrected chi connectivity index (χ1v) is 6.57. The highest BCUT2D eigenvalue weighted by Gasteiger charge is 2.02. The van der Waals surface area contributed by atoms with Gasteiger partial charge in [-0.25, -0.2) is 0 Å². The largest absolute Gasteiger partial charge is 0.494 e. The van der Waals surface area contributed by atoms with Crippen LogP contribution in [0.25, 0.3) is 0 Å². The van der Waals surface area contributed by atoms with E-state index in [2.05, 4.69) is 11.8 Å². The van der Waals surface area contributed by atoms with E-state index < -0.39 is 0 Å². The highest BCUT2D eigenvalue weighted by molar-refractivity contribution is 5.41. The summed E-state index contributed by atoms with van der Waals surface area (Å²) in [5.41, 5.74) is 6.35. The SMILES string of the molecule is CCCN(CCO)CCCOc1ccc(N)cc1. The highest BCUT2D eigenvalue weighted by atomic mass is 16.5. The number of benzene rings is 1. The van der Waals surface area contributed by atoms with E-state index in [1.165, 1.54) is 0 Å².